The standard InChI is InChI=1S/C9H7NSe.C7H5NSe/c1-2-4-8(5-3-1)9-6-11-7-10-9;1-2-4-7-6(3-1)8-5-9-7/h1-7H;1-5H. The molecule has 4 heteroatoms. The third-order valence-corrected chi connectivity index (χ3v) is 5.67. The first-order valence-electron chi connectivity index (χ1n) is 6.15. The van der Waals surface area contributed by atoms with Gasteiger partial charge in [-0.2, -0.15) is 0 Å². The van der Waals surface area contributed by atoms with Gasteiger partial charge in [-0.15, -0.1) is 0 Å². The number of aromatic nitrogens is 2. The zero-order valence-corrected chi connectivity index (χ0v) is 14.1. The van der Waals surface area contributed by atoms with E-state index in [1.54, 1.807) is 0 Å². The van der Waals surface area contributed by atoms with Gasteiger partial charge in [-0.05, 0) is 0 Å². The van der Waals surface area contributed by atoms with Crippen molar-refractivity contribution in [3.63, 3.8) is 0 Å². The minimum absolute atomic E-state index is 0.491. The van der Waals surface area contributed by atoms with Gasteiger partial charge in [0.25, 0.3) is 0 Å². The minimum atomic E-state index is 0.491. The molecule has 0 spiro atoms. The quantitative estimate of drug-likeness (QED) is 0.467. The van der Waals surface area contributed by atoms with Crippen molar-refractivity contribution in [1.29, 1.82) is 0 Å². The van der Waals surface area contributed by atoms with Crippen LogP contribution in [0.2, 0.25) is 0 Å². The topological polar surface area (TPSA) is 25.8 Å². The van der Waals surface area contributed by atoms with Crippen LogP contribution in [0.5, 0.6) is 0 Å². The molecule has 0 bridgehead atoms. The molecule has 2 aromatic carbocycles. The maximum atomic E-state index is 4.27. The van der Waals surface area contributed by atoms with Gasteiger partial charge in [-0.1, -0.05) is 0 Å². The molecule has 2 nitrogen and oxygen atoms in total. The molecule has 0 N–H and O–H groups in total. The van der Waals surface area contributed by atoms with Gasteiger partial charge in [0.05, 0.1) is 0 Å². The number of nitrogens with zero attached hydrogens (tertiary/aromatic N) is 2. The van der Waals surface area contributed by atoms with Gasteiger partial charge in [-0.25, -0.2) is 0 Å². The third-order valence-electron chi connectivity index (χ3n) is 2.74. The van der Waals surface area contributed by atoms with E-state index in [0.29, 0.717) is 29.0 Å². The molecule has 4 rings (SSSR count). The second-order valence-corrected chi connectivity index (χ2v) is 7.43. The van der Waals surface area contributed by atoms with Crippen molar-refractivity contribution in [1.82, 2.24) is 9.97 Å². The first kappa shape index (κ1) is 13.5. The van der Waals surface area contributed by atoms with Gasteiger partial charge in [0, 0.05) is 0 Å². The van der Waals surface area contributed by atoms with E-state index in [-0.39, 0.29) is 0 Å². The van der Waals surface area contributed by atoms with E-state index >= 15 is 0 Å². The van der Waals surface area contributed by atoms with Crippen molar-refractivity contribution >= 4 is 38.8 Å². The SMILES string of the molecule is c1ccc(-c2c[se]cn2)cc1.c1ccc2[se]cnc2c1. The molecular weight excluding hydrogens is 378 g/mol. The van der Waals surface area contributed by atoms with Crippen molar-refractivity contribution in [2.45, 2.75) is 0 Å². The van der Waals surface area contributed by atoms with Crippen LogP contribution in [0.15, 0.2) is 69.7 Å². The predicted octanol–water partition coefficient (Wildman–Crippen LogP) is 3.10. The summed E-state index contributed by atoms with van der Waals surface area (Å²) < 4.78 is 1.41. The van der Waals surface area contributed by atoms with Crippen LogP contribution in [0.3, 0.4) is 0 Å². The Morgan fingerprint density at radius 2 is 1.55 bits per heavy atom. The van der Waals surface area contributed by atoms with E-state index in [0.717, 1.165) is 11.2 Å². The number of hydrogen-bond donors (Lipinski definition) is 0. The Morgan fingerprint density at radius 1 is 0.750 bits per heavy atom. The second-order valence-electron chi connectivity index (χ2n) is 4.06. The zero-order valence-electron chi connectivity index (χ0n) is 10.6. The number of benzene rings is 2. The molecule has 0 amide bonds. The van der Waals surface area contributed by atoms with Crippen molar-refractivity contribution in [2.75, 3.05) is 0 Å². The van der Waals surface area contributed by atoms with Gasteiger partial charge < -0.3 is 0 Å². The molecule has 98 valence electrons. The zero-order chi connectivity index (χ0) is 13.6. The number of fused-ring (bicyclic) bond motifs is 1. The Morgan fingerprint density at radius 3 is 2.30 bits per heavy atom. The van der Waals surface area contributed by atoms with E-state index in [1.165, 1.54) is 9.82 Å². The molecule has 2 aromatic heterocycles. The van der Waals surface area contributed by atoms with Gasteiger partial charge in [0.2, 0.25) is 0 Å². The van der Waals surface area contributed by atoms with Gasteiger partial charge in [0.1, 0.15) is 0 Å². The normalized spacial score (nSPS) is 10.0. The fraction of sp³-hybridized carbons (Fsp3) is 0. The molecule has 0 aliphatic carbocycles. The van der Waals surface area contributed by atoms with Crippen LogP contribution in [0, 0.1) is 0 Å². The number of para-hydroxylation sites is 1. The Kier molecular flexibility index (Phi) is 4.62. The summed E-state index contributed by atoms with van der Waals surface area (Å²) in [5.41, 5.74) is 3.52. The summed E-state index contributed by atoms with van der Waals surface area (Å²) in [5, 5.41) is 4.01. The first-order chi connectivity index (χ1) is 9.93. The van der Waals surface area contributed by atoms with Crippen LogP contribution in [0.25, 0.3) is 21.0 Å². The van der Waals surface area contributed by atoms with E-state index in [1.807, 2.05) is 34.4 Å². The molecule has 0 saturated carbocycles. The molecule has 0 radical (unpaired) electrons. The molecule has 0 unspecified atom stereocenters. The van der Waals surface area contributed by atoms with Crippen LogP contribution >= 0.6 is 0 Å². The molecule has 0 saturated heterocycles. The summed E-state index contributed by atoms with van der Waals surface area (Å²) in [4.78, 5) is 10.7. The van der Waals surface area contributed by atoms with Crippen LogP contribution in [-0.4, -0.2) is 39.0 Å². The second kappa shape index (κ2) is 6.83. The monoisotopic (exact) mass is 392 g/mol. The van der Waals surface area contributed by atoms with Crippen molar-refractivity contribution < 1.29 is 0 Å². The molecule has 0 aliphatic heterocycles. The molecule has 4 aromatic rings. The molecule has 0 aliphatic rings. The number of rotatable bonds is 1. The molecule has 20 heavy (non-hydrogen) atoms. The van der Waals surface area contributed by atoms with Crippen LogP contribution < -0.4 is 0 Å². The molecule has 2 heterocycles. The fourth-order valence-electron chi connectivity index (χ4n) is 1.77. The summed E-state index contributed by atoms with van der Waals surface area (Å²) in [6.45, 7) is 0. The third kappa shape index (κ3) is 3.36. The van der Waals surface area contributed by atoms with E-state index in [2.05, 4.69) is 45.2 Å². The number of hydrogen-bond acceptors (Lipinski definition) is 2. The van der Waals surface area contributed by atoms with E-state index < -0.39 is 0 Å². The van der Waals surface area contributed by atoms with Crippen molar-refractivity contribution in [3.8, 4) is 11.3 Å². The van der Waals surface area contributed by atoms with Crippen molar-refractivity contribution in [3.05, 3.63) is 69.7 Å². The Labute approximate surface area is 129 Å². The van der Waals surface area contributed by atoms with E-state index in [9.17, 15) is 0 Å². The van der Waals surface area contributed by atoms with Gasteiger partial charge >= 0.3 is 130 Å². The predicted molar refractivity (Wildman–Crippen MR) is 85.3 cm³/mol. The average molecular weight is 390 g/mol. The molecular formula is C16H12N2Se2. The summed E-state index contributed by atoms with van der Waals surface area (Å²) >= 11 is 1.00. The Bertz CT molecular complexity index is 731. The van der Waals surface area contributed by atoms with Crippen molar-refractivity contribution in [2.24, 2.45) is 0 Å². The summed E-state index contributed by atoms with van der Waals surface area (Å²) in [5.74, 6) is 0. The van der Waals surface area contributed by atoms with Gasteiger partial charge in [-0.3, -0.25) is 0 Å². The Hall–Kier alpha value is -1.44. The maximum absolute atomic E-state index is 4.27. The van der Waals surface area contributed by atoms with Crippen LogP contribution in [-0.2, 0) is 0 Å². The summed E-state index contributed by atoms with van der Waals surface area (Å²) in [7, 11) is 0. The first-order valence-corrected chi connectivity index (χ1v) is 9.98. The average Bonchev–Trinajstić information content (AvgIpc) is 3.20. The van der Waals surface area contributed by atoms with Crippen LogP contribution in [0.1, 0.15) is 0 Å². The van der Waals surface area contributed by atoms with Gasteiger partial charge in [0.15, 0.2) is 0 Å². The molecule has 0 atom stereocenters. The summed E-state index contributed by atoms with van der Waals surface area (Å²) in [6, 6.07) is 18.6. The molecule has 0 fully saturated rings. The van der Waals surface area contributed by atoms with E-state index in [4.69, 9.17) is 0 Å². The summed E-state index contributed by atoms with van der Waals surface area (Å²) in [6.07, 6.45) is 0. The van der Waals surface area contributed by atoms with Crippen LogP contribution in [0.4, 0.5) is 0 Å². The fourth-order valence-corrected chi connectivity index (χ4v) is 4.37. The Balaban J connectivity index is 0.000000123.